The smallest absolute Gasteiger partial charge is 0.311 e. The Balaban J connectivity index is 2.46. The molecule has 1 aromatic rings. The predicted octanol–water partition coefficient (Wildman–Crippen LogP) is 2.52. The molecule has 1 rings (SSSR count). The standard InChI is InChI=1S/C13H16O3/c1-3-11-5-7-12(8-6-11)16-13(15)9-4-10(2)14/h5-8H,3-4,9H2,1-2H3. The molecule has 0 N–H and O–H groups in total. The third kappa shape index (κ3) is 4.26. The highest BCUT2D eigenvalue weighted by Gasteiger charge is 2.06. The van der Waals surface area contributed by atoms with Gasteiger partial charge in [-0.25, -0.2) is 0 Å². The maximum Gasteiger partial charge on any atom is 0.311 e. The van der Waals surface area contributed by atoms with Crippen molar-refractivity contribution in [3.05, 3.63) is 29.8 Å². The number of ketones is 1. The molecule has 0 spiro atoms. The second-order valence-electron chi connectivity index (χ2n) is 3.67. The first-order valence-electron chi connectivity index (χ1n) is 5.41. The van der Waals surface area contributed by atoms with Crippen molar-refractivity contribution in [3.8, 4) is 5.75 Å². The summed E-state index contributed by atoms with van der Waals surface area (Å²) >= 11 is 0. The molecule has 0 heterocycles. The molecular formula is C13H16O3. The highest BCUT2D eigenvalue weighted by atomic mass is 16.5. The van der Waals surface area contributed by atoms with Gasteiger partial charge in [-0.15, -0.1) is 0 Å². The zero-order chi connectivity index (χ0) is 12.0. The van der Waals surface area contributed by atoms with Crippen molar-refractivity contribution in [1.82, 2.24) is 0 Å². The van der Waals surface area contributed by atoms with Crippen LogP contribution >= 0.6 is 0 Å². The highest BCUT2D eigenvalue weighted by molar-refractivity contribution is 5.81. The second-order valence-corrected chi connectivity index (χ2v) is 3.67. The van der Waals surface area contributed by atoms with Crippen LogP contribution in [0.5, 0.6) is 5.75 Å². The van der Waals surface area contributed by atoms with E-state index in [0.717, 1.165) is 6.42 Å². The van der Waals surface area contributed by atoms with Gasteiger partial charge in [0.2, 0.25) is 0 Å². The zero-order valence-electron chi connectivity index (χ0n) is 9.66. The molecule has 0 aromatic heterocycles. The highest BCUT2D eigenvalue weighted by Crippen LogP contribution is 2.13. The summed E-state index contributed by atoms with van der Waals surface area (Å²) in [5.41, 5.74) is 1.20. The summed E-state index contributed by atoms with van der Waals surface area (Å²) in [5, 5.41) is 0. The molecule has 86 valence electrons. The lowest BCUT2D eigenvalue weighted by molar-refractivity contribution is -0.135. The van der Waals surface area contributed by atoms with Crippen molar-refractivity contribution >= 4 is 11.8 Å². The molecule has 0 aliphatic carbocycles. The van der Waals surface area contributed by atoms with Crippen molar-refractivity contribution in [1.29, 1.82) is 0 Å². The Morgan fingerprint density at radius 3 is 2.25 bits per heavy atom. The SMILES string of the molecule is CCc1ccc(OC(=O)CCC(C)=O)cc1. The van der Waals surface area contributed by atoms with Crippen LogP contribution in [-0.2, 0) is 16.0 Å². The van der Waals surface area contributed by atoms with E-state index >= 15 is 0 Å². The lowest BCUT2D eigenvalue weighted by Gasteiger charge is -2.04. The van der Waals surface area contributed by atoms with Crippen LogP contribution in [-0.4, -0.2) is 11.8 Å². The van der Waals surface area contributed by atoms with E-state index in [1.165, 1.54) is 12.5 Å². The van der Waals surface area contributed by atoms with Gasteiger partial charge in [-0.3, -0.25) is 4.79 Å². The van der Waals surface area contributed by atoms with Crippen molar-refractivity contribution in [2.45, 2.75) is 33.1 Å². The van der Waals surface area contributed by atoms with Gasteiger partial charge in [-0.1, -0.05) is 19.1 Å². The molecule has 0 unspecified atom stereocenters. The number of carbonyl (C=O) groups excluding carboxylic acids is 2. The molecule has 0 saturated carbocycles. The summed E-state index contributed by atoms with van der Waals surface area (Å²) in [6.45, 7) is 3.52. The quantitative estimate of drug-likeness (QED) is 0.565. The number of hydrogen-bond donors (Lipinski definition) is 0. The first-order chi connectivity index (χ1) is 7.61. The minimum Gasteiger partial charge on any atom is -0.427 e. The molecule has 0 fully saturated rings. The molecule has 0 atom stereocenters. The summed E-state index contributed by atoms with van der Waals surface area (Å²) in [4.78, 5) is 22.0. The Morgan fingerprint density at radius 1 is 1.12 bits per heavy atom. The van der Waals surface area contributed by atoms with Crippen LogP contribution in [0.4, 0.5) is 0 Å². The summed E-state index contributed by atoms with van der Waals surface area (Å²) in [6.07, 6.45) is 1.34. The summed E-state index contributed by atoms with van der Waals surface area (Å²) in [7, 11) is 0. The maximum atomic E-state index is 11.3. The fourth-order valence-electron chi connectivity index (χ4n) is 1.25. The largest absolute Gasteiger partial charge is 0.427 e. The van der Waals surface area contributed by atoms with Gasteiger partial charge in [0.1, 0.15) is 11.5 Å². The fraction of sp³-hybridized carbons (Fsp3) is 0.385. The molecule has 3 nitrogen and oxygen atoms in total. The number of hydrogen-bond acceptors (Lipinski definition) is 3. The molecule has 0 saturated heterocycles. The third-order valence-electron chi connectivity index (χ3n) is 2.24. The van der Waals surface area contributed by atoms with Gasteiger partial charge >= 0.3 is 5.97 Å². The van der Waals surface area contributed by atoms with E-state index < -0.39 is 0 Å². The van der Waals surface area contributed by atoms with E-state index in [2.05, 4.69) is 6.92 Å². The molecule has 1 aromatic carbocycles. The van der Waals surface area contributed by atoms with Crippen LogP contribution in [0.3, 0.4) is 0 Å². The average Bonchev–Trinajstić information content (AvgIpc) is 2.27. The number of esters is 1. The molecule has 0 radical (unpaired) electrons. The number of carbonyl (C=O) groups is 2. The van der Waals surface area contributed by atoms with Gasteiger partial charge in [-0.2, -0.15) is 0 Å². The van der Waals surface area contributed by atoms with Crippen molar-refractivity contribution < 1.29 is 14.3 Å². The van der Waals surface area contributed by atoms with Crippen LogP contribution < -0.4 is 4.74 Å². The van der Waals surface area contributed by atoms with E-state index in [-0.39, 0.29) is 24.6 Å². The Morgan fingerprint density at radius 2 is 1.75 bits per heavy atom. The topological polar surface area (TPSA) is 43.4 Å². The normalized spacial score (nSPS) is 9.88. The first-order valence-corrected chi connectivity index (χ1v) is 5.41. The van der Waals surface area contributed by atoms with Crippen LogP contribution in [0.15, 0.2) is 24.3 Å². The van der Waals surface area contributed by atoms with Crippen LogP contribution in [0.2, 0.25) is 0 Å². The second kappa shape index (κ2) is 6.05. The Kier molecular flexibility index (Phi) is 4.70. The van der Waals surface area contributed by atoms with Crippen LogP contribution in [0.25, 0.3) is 0 Å². The third-order valence-corrected chi connectivity index (χ3v) is 2.24. The lowest BCUT2D eigenvalue weighted by Crippen LogP contribution is -2.09. The molecule has 0 bridgehead atoms. The Hall–Kier alpha value is -1.64. The molecule has 3 heteroatoms. The minimum absolute atomic E-state index is 0.00159. The number of rotatable bonds is 5. The van der Waals surface area contributed by atoms with E-state index in [4.69, 9.17) is 4.74 Å². The monoisotopic (exact) mass is 220 g/mol. The van der Waals surface area contributed by atoms with Gasteiger partial charge in [0.05, 0.1) is 6.42 Å². The number of aryl methyl sites for hydroxylation is 1. The number of ether oxygens (including phenoxy) is 1. The molecular weight excluding hydrogens is 204 g/mol. The minimum atomic E-state index is -0.362. The van der Waals surface area contributed by atoms with Gasteiger partial charge in [0.15, 0.2) is 0 Å². The molecule has 16 heavy (non-hydrogen) atoms. The van der Waals surface area contributed by atoms with Crippen molar-refractivity contribution in [2.75, 3.05) is 0 Å². The number of Topliss-reactive ketones (excluding diaryl/α,β-unsaturated/α-hetero) is 1. The summed E-state index contributed by atoms with van der Waals surface area (Å²) < 4.78 is 5.07. The van der Waals surface area contributed by atoms with Gasteiger partial charge in [-0.05, 0) is 31.0 Å². The van der Waals surface area contributed by atoms with E-state index in [1.807, 2.05) is 12.1 Å². The summed E-state index contributed by atoms with van der Waals surface area (Å²) in [5.74, 6) is 0.170. The lowest BCUT2D eigenvalue weighted by atomic mass is 10.2. The fourth-order valence-corrected chi connectivity index (χ4v) is 1.25. The van der Waals surface area contributed by atoms with E-state index in [1.54, 1.807) is 12.1 Å². The molecule has 0 amide bonds. The molecule has 0 aliphatic rings. The van der Waals surface area contributed by atoms with Gasteiger partial charge in [0, 0.05) is 6.42 Å². The molecule has 0 aliphatic heterocycles. The van der Waals surface area contributed by atoms with Gasteiger partial charge < -0.3 is 9.53 Å². The average molecular weight is 220 g/mol. The van der Waals surface area contributed by atoms with E-state index in [9.17, 15) is 9.59 Å². The Bertz CT molecular complexity index is 365. The zero-order valence-corrected chi connectivity index (χ0v) is 9.66. The van der Waals surface area contributed by atoms with Crippen molar-refractivity contribution in [3.63, 3.8) is 0 Å². The Labute approximate surface area is 95.4 Å². The number of benzene rings is 1. The van der Waals surface area contributed by atoms with Crippen molar-refractivity contribution in [2.24, 2.45) is 0 Å². The van der Waals surface area contributed by atoms with Crippen LogP contribution in [0.1, 0.15) is 32.3 Å². The summed E-state index contributed by atoms with van der Waals surface area (Å²) in [6, 6.07) is 7.39. The predicted molar refractivity (Wildman–Crippen MR) is 61.4 cm³/mol. The van der Waals surface area contributed by atoms with E-state index in [0.29, 0.717) is 5.75 Å². The maximum absolute atomic E-state index is 11.3. The van der Waals surface area contributed by atoms with Gasteiger partial charge in [0.25, 0.3) is 0 Å². The van der Waals surface area contributed by atoms with Crippen LogP contribution in [0, 0.1) is 0 Å². The first kappa shape index (κ1) is 12.4.